The fourth-order valence-electron chi connectivity index (χ4n) is 1.52. The van der Waals surface area contributed by atoms with E-state index in [1.54, 1.807) is 0 Å². The maximum absolute atomic E-state index is 13.6. The summed E-state index contributed by atoms with van der Waals surface area (Å²) in [6, 6.07) is 2.86. The minimum absolute atomic E-state index is 0.0122. The van der Waals surface area contributed by atoms with Gasteiger partial charge in [-0.15, -0.1) is 0 Å². The van der Waals surface area contributed by atoms with Crippen molar-refractivity contribution in [2.45, 2.75) is 19.9 Å². The third-order valence-corrected chi connectivity index (χ3v) is 2.63. The zero-order chi connectivity index (χ0) is 12.6. The van der Waals surface area contributed by atoms with E-state index in [0.717, 1.165) is 0 Å². The molecule has 1 N–H and O–H groups in total. The summed E-state index contributed by atoms with van der Waals surface area (Å²) in [6.07, 6.45) is 0. The van der Waals surface area contributed by atoms with E-state index in [0.29, 0.717) is 16.2 Å². The molecule has 0 aliphatic carbocycles. The van der Waals surface area contributed by atoms with Gasteiger partial charge >= 0.3 is 0 Å². The van der Waals surface area contributed by atoms with Gasteiger partial charge in [-0.3, -0.25) is 0 Å². The number of hydrogen-bond acceptors (Lipinski definition) is 3. The van der Waals surface area contributed by atoms with Crippen LogP contribution in [0.1, 0.15) is 13.8 Å². The quantitative estimate of drug-likeness (QED) is 0.844. The van der Waals surface area contributed by atoms with Crippen molar-refractivity contribution in [1.82, 2.24) is 9.97 Å². The average molecular weight is 274 g/mol. The highest BCUT2D eigenvalue weighted by molar-refractivity contribution is 6.36. The Morgan fingerprint density at radius 3 is 2.59 bits per heavy atom. The molecule has 6 heteroatoms. The molecule has 3 nitrogen and oxygen atoms in total. The second-order valence-corrected chi connectivity index (χ2v) is 4.64. The Morgan fingerprint density at radius 1 is 1.24 bits per heavy atom. The average Bonchev–Trinajstić information content (AvgIpc) is 2.22. The van der Waals surface area contributed by atoms with Gasteiger partial charge in [-0.25, -0.2) is 14.4 Å². The first-order valence-corrected chi connectivity index (χ1v) is 5.82. The number of benzene rings is 1. The predicted octanol–water partition coefficient (Wildman–Crippen LogP) is 3.90. The highest BCUT2D eigenvalue weighted by Crippen LogP contribution is 2.31. The standard InChI is InChI=1S/C11H10Cl2FN3/c1-5(2)15-10-8-6(12)3-4-7(14)9(8)16-11(13)17-10/h3-5H,1-2H3,(H,15,16,17). The van der Waals surface area contributed by atoms with Gasteiger partial charge in [0.25, 0.3) is 0 Å². The van der Waals surface area contributed by atoms with Gasteiger partial charge in [0.05, 0.1) is 10.4 Å². The molecule has 17 heavy (non-hydrogen) atoms. The van der Waals surface area contributed by atoms with E-state index in [1.807, 2.05) is 13.8 Å². The summed E-state index contributed by atoms with van der Waals surface area (Å²) >= 11 is 11.8. The van der Waals surface area contributed by atoms with Crippen molar-refractivity contribution in [3.05, 3.63) is 28.3 Å². The van der Waals surface area contributed by atoms with Crippen LogP contribution in [0.25, 0.3) is 10.9 Å². The molecule has 0 fully saturated rings. The number of nitrogens with one attached hydrogen (secondary N) is 1. The van der Waals surface area contributed by atoms with Crippen LogP contribution in [0.2, 0.25) is 10.3 Å². The topological polar surface area (TPSA) is 37.8 Å². The first kappa shape index (κ1) is 12.3. The third kappa shape index (κ3) is 2.42. The van der Waals surface area contributed by atoms with Crippen LogP contribution in [-0.2, 0) is 0 Å². The SMILES string of the molecule is CC(C)Nc1nc(Cl)nc2c(F)ccc(Cl)c12. The van der Waals surface area contributed by atoms with E-state index >= 15 is 0 Å². The molecule has 90 valence electrons. The highest BCUT2D eigenvalue weighted by Gasteiger charge is 2.14. The second-order valence-electron chi connectivity index (χ2n) is 3.89. The van der Waals surface area contributed by atoms with Crippen LogP contribution in [0.15, 0.2) is 12.1 Å². The summed E-state index contributed by atoms with van der Waals surface area (Å²) in [4.78, 5) is 7.89. The summed E-state index contributed by atoms with van der Waals surface area (Å²) in [5.74, 6) is -0.0278. The highest BCUT2D eigenvalue weighted by atomic mass is 35.5. The molecule has 0 aliphatic heterocycles. The number of aromatic nitrogens is 2. The first-order chi connectivity index (χ1) is 7.99. The molecule has 0 bridgehead atoms. The molecule has 0 aliphatic rings. The number of halogens is 3. The summed E-state index contributed by atoms with van der Waals surface area (Å²) in [7, 11) is 0. The normalized spacial score (nSPS) is 11.2. The molecular weight excluding hydrogens is 264 g/mol. The smallest absolute Gasteiger partial charge is 0.225 e. The zero-order valence-electron chi connectivity index (χ0n) is 9.26. The van der Waals surface area contributed by atoms with Crippen molar-refractivity contribution in [3.63, 3.8) is 0 Å². The lowest BCUT2D eigenvalue weighted by Crippen LogP contribution is -2.12. The molecule has 0 atom stereocenters. The van der Waals surface area contributed by atoms with Gasteiger partial charge in [-0.1, -0.05) is 11.6 Å². The molecule has 2 rings (SSSR count). The van der Waals surface area contributed by atoms with E-state index in [9.17, 15) is 4.39 Å². The molecule has 0 amide bonds. The Kier molecular flexibility index (Phi) is 3.35. The van der Waals surface area contributed by atoms with Crippen LogP contribution in [0, 0.1) is 5.82 Å². The van der Waals surface area contributed by atoms with E-state index in [4.69, 9.17) is 23.2 Å². The maximum Gasteiger partial charge on any atom is 0.225 e. The number of fused-ring (bicyclic) bond motifs is 1. The molecule has 2 aromatic rings. The number of nitrogens with zero attached hydrogens (tertiary/aromatic N) is 2. The van der Waals surface area contributed by atoms with Crippen molar-refractivity contribution >= 4 is 39.9 Å². The molecule has 0 unspecified atom stereocenters. The summed E-state index contributed by atoms with van der Waals surface area (Å²) in [6.45, 7) is 3.88. The fraction of sp³-hybridized carbons (Fsp3) is 0.273. The molecule has 0 saturated carbocycles. The number of hydrogen-bond donors (Lipinski definition) is 1. The van der Waals surface area contributed by atoms with Gasteiger partial charge in [-0.05, 0) is 37.6 Å². The van der Waals surface area contributed by atoms with E-state index in [-0.39, 0.29) is 16.8 Å². The van der Waals surface area contributed by atoms with Crippen molar-refractivity contribution in [3.8, 4) is 0 Å². The van der Waals surface area contributed by atoms with Crippen LogP contribution in [0.3, 0.4) is 0 Å². The molecule has 0 saturated heterocycles. The van der Waals surface area contributed by atoms with Crippen LogP contribution in [-0.4, -0.2) is 16.0 Å². The van der Waals surface area contributed by atoms with E-state index < -0.39 is 5.82 Å². The van der Waals surface area contributed by atoms with Gasteiger partial charge in [0.1, 0.15) is 17.2 Å². The maximum atomic E-state index is 13.6. The Labute approximate surface area is 108 Å². The molecule has 1 heterocycles. The van der Waals surface area contributed by atoms with E-state index in [2.05, 4.69) is 15.3 Å². The first-order valence-electron chi connectivity index (χ1n) is 5.07. The van der Waals surface area contributed by atoms with Gasteiger partial charge in [-0.2, -0.15) is 0 Å². The Balaban J connectivity index is 2.77. The van der Waals surface area contributed by atoms with E-state index in [1.165, 1.54) is 12.1 Å². The van der Waals surface area contributed by atoms with Crippen molar-refractivity contribution in [1.29, 1.82) is 0 Å². The second kappa shape index (κ2) is 4.63. The van der Waals surface area contributed by atoms with Gasteiger partial charge in [0.15, 0.2) is 0 Å². The minimum atomic E-state index is -0.472. The Morgan fingerprint density at radius 2 is 1.94 bits per heavy atom. The molecule has 0 spiro atoms. The van der Waals surface area contributed by atoms with Crippen LogP contribution in [0.5, 0.6) is 0 Å². The lowest BCUT2D eigenvalue weighted by atomic mass is 10.2. The lowest BCUT2D eigenvalue weighted by Gasteiger charge is -2.12. The molecule has 0 radical (unpaired) electrons. The van der Waals surface area contributed by atoms with Crippen molar-refractivity contribution in [2.24, 2.45) is 0 Å². The van der Waals surface area contributed by atoms with Gasteiger partial charge in [0.2, 0.25) is 5.28 Å². The monoisotopic (exact) mass is 273 g/mol. The third-order valence-electron chi connectivity index (χ3n) is 2.15. The van der Waals surface area contributed by atoms with Crippen LogP contribution >= 0.6 is 23.2 Å². The summed E-state index contributed by atoms with van der Waals surface area (Å²) in [5.41, 5.74) is 0.126. The van der Waals surface area contributed by atoms with Crippen molar-refractivity contribution < 1.29 is 4.39 Å². The van der Waals surface area contributed by atoms with Crippen LogP contribution in [0.4, 0.5) is 10.2 Å². The minimum Gasteiger partial charge on any atom is -0.367 e. The molecule has 1 aromatic heterocycles. The lowest BCUT2D eigenvalue weighted by molar-refractivity contribution is 0.636. The van der Waals surface area contributed by atoms with Crippen molar-refractivity contribution in [2.75, 3.05) is 5.32 Å². The summed E-state index contributed by atoms with van der Waals surface area (Å²) < 4.78 is 13.6. The largest absolute Gasteiger partial charge is 0.367 e. The Hall–Kier alpha value is -1.13. The predicted molar refractivity (Wildman–Crippen MR) is 68.3 cm³/mol. The molecule has 1 aromatic carbocycles. The number of anilines is 1. The van der Waals surface area contributed by atoms with Gasteiger partial charge in [0, 0.05) is 6.04 Å². The number of rotatable bonds is 2. The van der Waals surface area contributed by atoms with Gasteiger partial charge < -0.3 is 5.32 Å². The molecular formula is C11H10Cl2FN3. The Bertz CT molecular complexity index is 572. The van der Waals surface area contributed by atoms with Crippen LogP contribution < -0.4 is 5.32 Å². The zero-order valence-corrected chi connectivity index (χ0v) is 10.8. The summed E-state index contributed by atoms with van der Waals surface area (Å²) in [5, 5.41) is 3.90. The fourth-order valence-corrected chi connectivity index (χ4v) is 1.93.